The summed E-state index contributed by atoms with van der Waals surface area (Å²) in [6.45, 7) is 2.29. The molecule has 1 heterocycles. The number of ether oxygens (including phenoxy) is 1. The SMILES string of the molecule is Cc1cc(Cl)ccc1OCc1csc(C(=O)Nc2c(Cl)cccc2Cl)c1. The summed E-state index contributed by atoms with van der Waals surface area (Å²) in [5.74, 6) is 0.494. The lowest BCUT2D eigenvalue weighted by atomic mass is 10.2. The van der Waals surface area contributed by atoms with E-state index in [4.69, 9.17) is 39.5 Å². The number of thiophene rings is 1. The molecule has 1 amide bonds. The Labute approximate surface area is 170 Å². The van der Waals surface area contributed by atoms with Crippen molar-refractivity contribution in [2.24, 2.45) is 0 Å². The largest absolute Gasteiger partial charge is 0.489 e. The topological polar surface area (TPSA) is 38.3 Å². The van der Waals surface area contributed by atoms with Crippen LogP contribution in [0.3, 0.4) is 0 Å². The molecule has 1 aromatic heterocycles. The molecule has 0 bridgehead atoms. The molecule has 0 spiro atoms. The van der Waals surface area contributed by atoms with E-state index in [2.05, 4.69) is 5.32 Å². The molecular formula is C19H14Cl3NO2S. The summed E-state index contributed by atoms with van der Waals surface area (Å²) < 4.78 is 5.80. The molecule has 0 unspecified atom stereocenters. The van der Waals surface area contributed by atoms with E-state index in [1.54, 1.807) is 30.3 Å². The van der Waals surface area contributed by atoms with Crippen molar-refractivity contribution >= 4 is 57.7 Å². The highest BCUT2D eigenvalue weighted by Crippen LogP contribution is 2.31. The lowest BCUT2D eigenvalue weighted by Gasteiger charge is -2.08. The normalized spacial score (nSPS) is 10.6. The maximum atomic E-state index is 12.4. The van der Waals surface area contributed by atoms with Crippen molar-refractivity contribution < 1.29 is 9.53 Å². The second-order valence-electron chi connectivity index (χ2n) is 5.57. The standard InChI is InChI=1S/C19H14Cl3NO2S/c1-11-7-13(20)5-6-16(11)25-9-12-8-17(26-10-12)19(24)23-18-14(21)3-2-4-15(18)22/h2-8,10H,9H2,1H3,(H,23,24). The van der Waals surface area contributed by atoms with Crippen molar-refractivity contribution in [1.29, 1.82) is 0 Å². The average Bonchev–Trinajstić information content (AvgIpc) is 3.06. The predicted octanol–water partition coefficient (Wildman–Crippen LogP) is 6.85. The Hall–Kier alpha value is -1.72. The van der Waals surface area contributed by atoms with Crippen LogP contribution in [-0.4, -0.2) is 5.91 Å². The molecule has 0 saturated heterocycles. The fourth-order valence-electron chi connectivity index (χ4n) is 2.30. The minimum absolute atomic E-state index is 0.265. The van der Waals surface area contributed by atoms with Crippen LogP contribution >= 0.6 is 46.1 Å². The van der Waals surface area contributed by atoms with Gasteiger partial charge in [0.25, 0.3) is 5.91 Å². The number of amides is 1. The first-order valence-electron chi connectivity index (χ1n) is 7.66. The zero-order chi connectivity index (χ0) is 18.7. The van der Waals surface area contributed by atoms with Gasteiger partial charge in [0.1, 0.15) is 12.4 Å². The van der Waals surface area contributed by atoms with Crippen LogP contribution in [-0.2, 0) is 6.61 Å². The number of carbonyl (C=O) groups is 1. The molecule has 26 heavy (non-hydrogen) atoms. The summed E-state index contributed by atoms with van der Waals surface area (Å²) in [5.41, 5.74) is 2.27. The van der Waals surface area contributed by atoms with Gasteiger partial charge < -0.3 is 10.1 Å². The second-order valence-corrected chi connectivity index (χ2v) is 7.73. The van der Waals surface area contributed by atoms with E-state index in [9.17, 15) is 4.79 Å². The van der Waals surface area contributed by atoms with Crippen LogP contribution in [0.4, 0.5) is 5.69 Å². The minimum Gasteiger partial charge on any atom is -0.489 e. The summed E-state index contributed by atoms with van der Waals surface area (Å²) in [7, 11) is 0. The fourth-order valence-corrected chi connectivity index (χ4v) is 3.81. The molecule has 0 saturated carbocycles. The lowest BCUT2D eigenvalue weighted by molar-refractivity contribution is 0.103. The molecule has 7 heteroatoms. The highest BCUT2D eigenvalue weighted by Gasteiger charge is 2.14. The van der Waals surface area contributed by atoms with Gasteiger partial charge in [-0.05, 0) is 54.3 Å². The summed E-state index contributed by atoms with van der Waals surface area (Å²) in [6, 6.07) is 12.3. The Balaban J connectivity index is 1.66. The molecule has 0 aliphatic rings. The number of aryl methyl sites for hydroxylation is 1. The first kappa shape index (κ1) is 19.1. The molecule has 0 radical (unpaired) electrons. The average molecular weight is 427 g/mol. The van der Waals surface area contributed by atoms with E-state index in [1.807, 2.05) is 24.4 Å². The summed E-state index contributed by atoms with van der Waals surface area (Å²) in [5, 5.41) is 6.09. The van der Waals surface area contributed by atoms with Crippen molar-refractivity contribution in [2.45, 2.75) is 13.5 Å². The van der Waals surface area contributed by atoms with Crippen LogP contribution in [0.5, 0.6) is 5.75 Å². The zero-order valence-electron chi connectivity index (χ0n) is 13.7. The maximum Gasteiger partial charge on any atom is 0.265 e. The van der Waals surface area contributed by atoms with Crippen LogP contribution in [0.2, 0.25) is 15.1 Å². The Bertz CT molecular complexity index is 935. The first-order chi connectivity index (χ1) is 12.4. The molecule has 0 atom stereocenters. The number of benzene rings is 2. The minimum atomic E-state index is -0.265. The quantitative estimate of drug-likeness (QED) is 0.484. The number of hydrogen-bond donors (Lipinski definition) is 1. The van der Waals surface area contributed by atoms with E-state index >= 15 is 0 Å². The van der Waals surface area contributed by atoms with Crippen molar-refractivity contribution in [3.05, 3.63) is 78.9 Å². The van der Waals surface area contributed by atoms with Crippen LogP contribution in [0, 0.1) is 6.92 Å². The van der Waals surface area contributed by atoms with Gasteiger partial charge in [0.05, 0.1) is 20.6 Å². The van der Waals surface area contributed by atoms with Gasteiger partial charge in [-0.1, -0.05) is 40.9 Å². The third kappa shape index (κ3) is 4.51. The van der Waals surface area contributed by atoms with Gasteiger partial charge in [0.15, 0.2) is 0 Å². The smallest absolute Gasteiger partial charge is 0.265 e. The van der Waals surface area contributed by atoms with Crippen LogP contribution in [0.15, 0.2) is 47.8 Å². The van der Waals surface area contributed by atoms with Crippen molar-refractivity contribution in [2.75, 3.05) is 5.32 Å². The van der Waals surface area contributed by atoms with Gasteiger partial charge in [-0.3, -0.25) is 4.79 Å². The van der Waals surface area contributed by atoms with Gasteiger partial charge in [-0.2, -0.15) is 0 Å². The molecule has 1 N–H and O–H groups in total. The Morgan fingerprint density at radius 2 is 1.85 bits per heavy atom. The third-order valence-corrected chi connectivity index (χ3v) is 5.45. The molecule has 0 fully saturated rings. The van der Waals surface area contributed by atoms with Gasteiger partial charge in [-0.15, -0.1) is 11.3 Å². The Morgan fingerprint density at radius 1 is 1.12 bits per heavy atom. The van der Waals surface area contributed by atoms with E-state index in [0.29, 0.717) is 32.2 Å². The maximum absolute atomic E-state index is 12.4. The lowest BCUT2D eigenvalue weighted by Crippen LogP contribution is -2.11. The number of para-hydroxylation sites is 1. The third-order valence-electron chi connectivity index (χ3n) is 3.61. The summed E-state index contributed by atoms with van der Waals surface area (Å²) >= 11 is 19.4. The molecule has 3 nitrogen and oxygen atoms in total. The van der Waals surface area contributed by atoms with E-state index < -0.39 is 0 Å². The Morgan fingerprint density at radius 3 is 2.54 bits per heavy atom. The zero-order valence-corrected chi connectivity index (χ0v) is 16.8. The molecule has 0 aliphatic heterocycles. The molecule has 3 rings (SSSR count). The molecule has 2 aromatic carbocycles. The molecule has 0 aliphatic carbocycles. The number of rotatable bonds is 5. The van der Waals surface area contributed by atoms with E-state index in [0.717, 1.165) is 16.9 Å². The van der Waals surface area contributed by atoms with E-state index in [1.165, 1.54) is 11.3 Å². The molecular weight excluding hydrogens is 413 g/mol. The monoisotopic (exact) mass is 425 g/mol. The highest BCUT2D eigenvalue weighted by molar-refractivity contribution is 7.12. The van der Waals surface area contributed by atoms with Gasteiger partial charge >= 0.3 is 0 Å². The van der Waals surface area contributed by atoms with Crippen LogP contribution in [0.1, 0.15) is 20.8 Å². The van der Waals surface area contributed by atoms with Crippen molar-refractivity contribution in [1.82, 2.24) is 0 Å². The van der Waals surface area contributed by atoms with E-state index in [-0.39, 0.29) is 5.91 Å². The van der Waals surface area contributed by atoms with Gasteiger partial charge in [-0.25, -0.2) is 0 Å². The molecule has 3 aromatic rings. The van der Waals surface area contributed by atoms with Crippen LogP contribution < -0.4 is 10.1 Å². The number of hydrogen-bond acceptors (Lipinski definition) is 3. The van der Waals surface area contributed by atoms with Crippen LogP contribution in [0.25, 0.3) is 0 Å². The number of anilines is 1. The Kier molecular flexibility index (Phi) is 6.09. The number of nitrogens with one attached hydrogen (secondary N) is 1. The van der Waals surface area contributed by atoms with Gasteiger partial charge in [0.2, 0.25) is 0 Å². The number of halogens is 3. The number of carbonyl (C=O) groups excluding carboxylic acids is 1. The van der Waals surface area contributed by atoms with Crippen molar-refractivity contribution in [3.63, 3.8) is 0 Å². The molecule has 134 valence electrons. The predicted molar refractivity (Wildman–Crippen MR) is 109 cm³/mol. The highest BCUT2D eigenvalue weighted by atomic mass is 35.5. The van der Waals surface area contributed by atoms with Gasteiger partial charge in [0, 0.05) is 10.6 Å². The summed E-state index contributed by atoms with van der Waals surface area (Å²) in [6.07, 6.45) is 0. The van der Waals surface area contributed by atoms with Crippen molar-refractivity contribution in [3.8, 4) is 5.75 Å². The fraction of sp³-hybridized carbons (Fsp3) is 0.105. The second kappa shape index (κ2) is 8.31. The summed E-state index contributed by atoms with van der Waals surface area (Å²) in [4.78, 5) is 13.0. The first-order valence-corrected chi connectivity index (χ1v) is 9.67.